The number of benzene rings is 1. The van der Waals surface area contributed by atoms with Crippen molar-refractivity contribution in [3.8, 4) is 0 Å². The number of hydrogen-bond donors (Lipinski definition) is 2. The molecule has 2 N–H and O–H groups in total. The first-order chi connectivity index (χ1) is 7.50. The largest absolute Gasteiger partial charge is 0.480 e. The van der Waals surface area contributed by atoms with Gasteiger partial charge in [0.15, 0.2) is 0 Å². The predicted octanol–water partition coefficient (Wildman–Crippen LogP) is 1.42. The zero-order valence-corrected chi connectivity index (χ0v) is 8.90. The summed E-state index contributed by atoms with van der Waals surface area (Å²) in [5.74, 6) is -1.02. The molecule has 16 heavy (non-hydrogen) atoms. The summed E-state index contributed by atoms with van der Waals surface area (Å²) in [4.78, 5) is 20.4. The van der Waals surface area contributed by atoms with Gasteiger partial charge in [-0.2, -0.15) is 0 Å². The highest BCUT2D eigenvalue weighted by atomic mass is 35.5. The first kappa shape index (κ1) is 12.4. The number of rotatable bonds is 5. The van der Waals surface area contributed by atoms with Gasteiger partial charge in [0.1, 0.15) is 0 Å². The monoisotopic (exact) mass is 244 g/mol. The zero-order chi connectivity index (χ0) is 12.1. The summed E-state index contributed by atoms with van der Waals surface area (Å²) >= 11 is 5.63. The Morgan fingerprint density at radius 1 is 1.56 bits per heavy atom. The van der Waals surface area contributed by atoms with Crippen LogP contribution in [0.2, 0.25) is 5.02 Å². The Kier molecular flexibility index (Phi) is 4.21. The van der Waals surface area contributed by atoms with Gasteiger partial charge in [-0.05, 0) is 12.1 Å². The SMILES string of the molecule is O=C(O)CNCc1ccc(Cl)cc1[N+](=O)[O-]. The molecule has 1 aromatic carbocycles. The van der Waals surface area contributed by atoms with Crippen LogP contribution in [0.3, 0.4) is 0 Å². The molecular formula is C9H9ClN2O4. The molecular weight excluding hydrogens is 236 g/mol. The fourth-order valence-corrected chi connectivity index (χ4v) is 1.33. The molecule has 6 nitrogen and oxygen atoms in total. The van der Waals surface area contributed by atoms with Crippen LogP contribution >= 0.6 is 11.6 Å². The topological polar surface area (TPSA) is 92.5 Å². The minimum absolute atomic E-state index is 0.111. The number of nitrogens with zero attached hydrogens (tertiary/aromatic N) is 1. The van der Waals surface area contributed by atoms with Crippen molar-refractivity contribution >= 4 is 23.3 Å². The van der Waals surface area contributed by atoms with E-state index in [0.29, 0.717) is 5.56 Å². The van der Waals surface area contributed by atoms with Crippen molar-refractivity contribution < 1.29 is 14.8 Å². The van der Waals surface area contributed by atoms with E-state index in [1.165, 1.54) is 18.2 Å². The third-order valence-electron chi connectivity index (χ3n) is 1.84. The fourth-order valence-electron chi connectivity index (χ4n) is 1.16. The molecule has 7 heteroatoms. The van der Waals surface area contributed by atoms with Crippen LogP contribution < -0.4 is 5.32 Å². The summed E-state index contributed by atoms with van der Waals surface area (Å²) in [7, 11) is 0. The Hall–Kier alpha value is -1.66. The summed E-state index contributed by atoms with van der Waals surface area (Å²) in [6.07, 6.45) is 0. The molecule has 0 aromatic heterocycles. The summed E-state index contributed by atoms with van der Waals surface area (Å²) < 4.78 is 0. The quantitative estimate of drug-likeness (QED) is 0.604. The third-order valence-corrected chi connectivity index (χ3v) is 2.07. The van der Waals surface area contributed by atoms with Gasteiger partial charge in [0.2, 0.25) is 0 Å². The highest BCUT2D eigenvalue weighted by Gasteiger charge is 2.13. The van der Waals surface area contributed by atoms with Gasteiger partial charge >= 0.3 is 5.97 Å². The number of nitro groups is 1. The van der Waals surface area contributed by atoms with Gasteiger partial charge in [0.25, 0.3) is 5.69 Å². The minimum Gasteiger partial charge on any atom is -0.480 e. The van der Waals surface area contributed by atoms with Crippen molar-refractivity contribution in [2.24, 2.45) is 0 Å². The van der Waals surface area contributed by atoms with Gasteiger partial charge in [-0.1, -0.05) is 11.6 Å². The first-order valence-electron chi connectivity index (χ1n) is 4.36. The molecule has 0 saturated carbocycles. The van der Waals surface area contributed by atoms with E-state index >= 15 is 0 Å². The van der Waals surface area contributed by atoms with E-state index in [0.717, 1.165) is 0 Å². The van der Waals surface area contributed by atoms with Gasteiger partial charge in [-0.25, -0.2) is 0 Å². The molecule has 0 radical (unpaired) electrons. The lowest BCUT2D eigenvalue weighted by atomic mass is 10.2. The van der Waals surface area contributed by atoms with E-state index in [2.05, 4.69) is 5.32 Å². The number of carboxylic acid groups (broad SMARTS) is 1. The van der Waals surface area contributed by atoms with Crippen molar-refractivity contribution in [1.82, 2.24) is 5.32 Å². The number of carbonyl (C=O) groups is 1. The lowest BCUT2D eigenvalue weighted by molar-refractivity contribution is -0.385. The number of carboxylic acids is 1. The lowest BCUT2D eigenvalue weighted by Crippen LogP contribution is -2.22. The van der Waals surface area contributed by atoms with Crippen molar-refractivity contribution in [3.63, 3.8) is 0 Å². The maximum Gasteiger partial charge on any atom is 0.317 e. The molecule has 0 amide bonds. The third kappa shape index (κ3) is 3.48. The minimum atomic E-state index is -1.02. The van der Waals surface area contributed by atoms with Gasteiger partial charge in [0, 0.05) is 23.2 Å². The highest BCUT2D eigenvalue weighted by molar-refractivity contribution is 6.30. The fraction of sp³-hybridized carbons (Fsp3) is 0.222. The first-order valence-corrected chi connectivity index (χ1v) is 4.74. The van der Waals surface area contributed by atoms with Crippen molar-refractivity contribution in [3.05, 3.63) is 38.9 Å². The van der Waals surface area contributed by atoms with Crippen molar-refractivity contribution in [2.75, 3.05) is 6.54 Å². The Morgan fingerprint density at radius 2 is 2.25 bits per heavy atom. The summed E-state index contributed by atoms with van der Waals surface area (Å²) in [6.45, 7) is -0.139. The number of nitro benzene ring substituents is 1. The number of hydrogen-bond acceptors (Lipinski definition) is 4. The molecule has 1 aromatic rings. The molecule has 0 spiro atoms. The molecule has 1 rings (SSSR count). The van der Waals surface area contributed by atoms with Crippen molar-refractivity contribution in [1.29, 1.82) is 0 Å². The normalized spacial score (nSPS) is 10.1. The molecule has 0 heterocycles. The molecule has 0 fully saturated rings. The predicted molar refractivity (Wildman–Crippen MR) is 57.4 cm³/mol. The average molecular weight is 245 g/mol. The van der Waals surface area contributed by atoms with Crippen LogP contribution in [0.4, 0.5) is 5.69 Å². The maximum absolute atomic E-state index is 10.7. The second-order valence-corrected chi connectivity index (χ2v) is 3.46. The Morgan fingerprint density at radius 3 is 2.81 bits per heavy atom. The van der Waals surface area contributed by atoms with E-state index < -0.39 is 10.9 Å². The van der Waals surface area contributed by atoms with Crippen LogP contribution in [0, 0.1) is 10.1 Å². The molecule has 0 unspecified atom stereocenters. The molecule has 0 saturated heterocycles. The smallest absolute Gasteiger partial charge is 0.317 e. The Balaban J connectivity index is 2.78. The van der Waals surface area contributed by atoms with Crippen LogP contribution in [-0.4, -0.2) is 22.5 Å². The van der Waals surface area contributed by atoms with Crippen LogP contribution in [0.5, 0.6) is 0 Å². The van der Waals surface area contributed by atoms with Crippen molar-refractivity contribution in [2.45, 2.75) is 6.54 Å². The van der Waals surface area contributed by atoms with E-state index in [-0.39, 0.29) is 23.8 Å². The Labute approximate surface area is 96.0 Å². The molecule has 86 valence electrons. The van der Waals surface area contributed by atoms with Crippen LogP contribution in [-0.2, 0) is 11.3 Å². The van der Waals surface area contributed by atoms with Gasteiger partial charge in [0.05, 0.1) is 11.5 Å². The second-order valence-electron chi connectivity index (χ2n) is 3.03. The zero-order valence-electron chi connectivity index (χ0n) is 8.14. The van der Waals surface area contributed by atoms with Crippen LogP contribution in [0.25, 0.3) is 0 Å². The second kappa shape index (κ2) is 5.43. The molecule has 0 aliphatic rings. The van der Waals surface area contributed by atoms with E-state index in [9.17, 15) is 14.9 Å². The standard InChI is InChI=1S/C9H9ClN2O4/c10-7-2-1-6(4-11-5-9(13)14)8(3-7)12(15)16/h1-3,11H,4-5H2,(H,13,14). The van der Waals surface area contributed by atoms with Crippen LogP contribution in [0.1, 0.15) is 5.56 Å². The molecule has 0 aliphatic heterocycles. The van der Waals surface area contributed by atoms with E-state index in [4.69, 9.17) is 16.7 Å². The summed E-state index contributed by atoms with van der Waals surface area (Å²) in [5.41, 5.74) is 0.279. The molecule has 0 aliphatic carbocycles. The summed E-state index contributed by atoms with van der Waals surface area (Å²) in [6, 6.07) is 4.25. The Bertz CT molecular complexity index is 422. The van der Waals surface area contributed by atoms with Gasteiger partial charge in [-0.15, -0.1) is 0 Å². The highest BCUT2D eigenvalue weighted by Crippen LogP contribution is 2.22. The van der Waals surface area contributed by atoms with E-state index in [1.54, 1.807) is 0 Å². The van der Waals surface area contributed by atoms with Crippen LogP contribution in [0.15, 0.2) is 18.2 Å². The number of nitrogens with one attached hydrogen (secondary N) is 1. The lowest BCUT2D eigenvalue weighted by Gasteiger charge is -2.03. The number of halogens is 1. The summed E-state index contributed by atoms with van der Waals surface area (Å²) in [5, 5.41) is 21.9. The van der Waals surface area contributed by atoms with Gasteiger partial charge in [-0.3, -0.25) is 14.9 Å². The molecule has 0 bridgehead atoms. The maximum atomic E-state index is 10.7. The average Bonchev–Trinajstić information content (AvgIpc) is 2.19. The van der Waals surface area contributed by atoms with E-state index in [1.807, 2.05) is 0 Å². The molecule has 0 atom stereocenters. The van der Waals surface area contributed by atoms with Gasteiger partial charge < -0.3 is 10.4 Å². The number of aliphatic carboxylic acids is 1.